The first-order valence-electron chi connectivity index (χ1n) is 8.78. The quantitative estimate of drug-likeness (QED) is 0.693. The average molecular weight is 365 g/mol. The van der Waals surface area contributed by atoms with Crippen LogP contribution in [0.15, 0.2) is 53.3 Å². The minimum atomic E-state index is -0.0561. The van der Waals surface area contributed by atoms with Crippen LogP contribution in [0.4, 0.5) is 0 Å². The highest BCUT2D eigenvalue weighted by Gasteiger charge is 2.15. The fourth-order valence-corrected chi connectivity index (χ4v) is 2.69. The lowest BCUT2D eigenvalue weighted by Crippen LogP contribution is -2.36. The molecule has 0 aliphatic rings. The Morgan fingerprint density at radius 2 is 1.89 bits per heavy atom. The Bertz CT molecular complexity index is 877. The molecule has 0 unspecified atom stereocenters. The van der Waals surface area contributed by atoms with Gasteiger partial charge in [0.2, 0.25) is 17.6 Å². The lowest BCUT2D eigenvalue weighted by molar-refractivity contribution is -0.122. The van der Waals surface area contributed by atoms with Crippen LogP contribution in [0.1, 0.15) is 30.0 Å². The summed E-state index contributed by atoms with van der Waals surface area (Å²) >= 11 is 0. The van der Waals surface area contributed by atoms with Crippen molar-refractivity contribution in [3.8, 4) is 11.4 Å². The molecule has 0 bridgehead atoms. The number of aryl methyl sites for hydroxylation is 1. The van der Waals surface area contributed by atoms with Gasteiger partial charge in [0.25, 0.3) is 0 Å². The van der Waals surface area contributed by atoms with Gasteiger partial charge in [-0.1, -0.05) is 35.0 Å². The maximum atomic E-state index is 12.3. The molecule has 7 nitrogen and oxygen atoms in total. The number of hydrogen-bond donors (Lipinski definition) is 1. The third-order valence-electron chi connectivity index (χ3n) is 4.18. The summed E-state index contributed by atoms with van der Waals surface area (Å²) in [7, 11) is 1.84. The monoisotopic (exact) mass is 365 g/mol. The van der Waals surface area contributed by atoms with Crippen molar-refractivity contribution in [1.82, 2.24) is 25.3 Å². The van der Waals surface area contributed by atoms with Gasteiger partial charge in [-0.15, -0.1) is 0 Å². The molecule has 7 heteroatoms. The summed E-state index contributed by atoms with van der Waals surface area (Å²) in [4.78, 5) is 22.5. The van der Waals surface area contributed by atoms with Gasteiger partial charge in [0.05, 0.1) is 19.1 Å². The molecule has 1 aromatic carbocycles. The highest BCUT2D eigenvalue weighted by atomic mass is 16.5. The molecule has 2 aromatic heterocycles. The van der Waals surface area contributed by atoms with E-state index in [-0.39, 0.29) is 18.5 Å². The van der Waals surface area contributed by atoms with Gasteiger partial charge in [-0.2, -0.15) is 4.98 Å². The van der Waals surface area contributed by atoms with Crippen LogP contribution < -0.4 is 5.32 Å². The van der Waals surface area contributed by atoms with Crippen LogP contribution in [0.3, 0.4) is 0 Å². The number of hydrogen-bond acceptors (Lipinski definition) is 6. The first kappa shape index (κ1) is 18.7. The molecule has 0 aliphatic carbocycles. The van der Waals surface area contributed by atoms with Crippen LogP contribution >= 0.6 is 0 Å². The van der Waals surface area contributed by atoms with E-state index in [1.165, 1.54) is 5.56 Å². The van der Waals surface area contributed by atoms with Gasteiger partial charge in [-0.25, -0.2) is 0 Å². The van der Waals surface area contributed by atoms with Crippen LogP contribution in [0.5, 0.6) is 0 Å². The maximum absolute atomic E-state index is 12.3. The van der Waals surface area contributed by atoms with Gasteiger partial charge in [0.1, 0.15) is 0 Å². The van der Waals surface area contributed by atoms with Crippen LogP contribution in [0, 0.1) is 6.92 Å². The molecule has 0 spiro atoms. The number of carbonyl (C=O) groups excluding carboxylic acids is 1. The van der Waals surface area contributed by atoms with Gasteiger partial charge < -0.3 is 9.84 Å². The molecule has 1 N–H and O–H groups in total. The Labute approximate surface area is 158 Å². The van der Waals surface area contributed by atoms with E-state index < -0.39 is 0 Å². The van der Waals surface area contributed by atoms with E-state index in [1.54, 1.807) is 12.4 Å². The normalized spacial score (nSPS) is 12.1. The molecule has 3 rings (SSSR count). The maximum Gasteiger partial charge on any atom is 0.241 e. The third kappa shape index (κ3) is 5.21. The molecule has 3 aromatic rings. The van der Waals surface area contributed by atoms with Crippen molar-refractivity contribution >= 4 is 5.91 Å². The number of nitrogens with zero attached hydrogens (tertiary/aromatic N) is 4. The molecule has 2 heterocycles. The molecule has 27 heavy (non-hydrogen) atoms. The number of rotatable bonds is 7. The second kappa shape index (κ2) is 8.55. The molecule has 0 radical (unpaired) electrons. The predicted molar refractivity (Wildman–Crippen MR) is 102 cm³/mol. The van der Waals surface area contributed by atoms with E-state index in [9.17, 15) is 4.79 Å². The van der Waals surface area contributed by atoms with Crippen molar-refractivity contribution in [3.63, 3.8) is 0 Å². The molecule has 0 saturated carbocycles. The molecule has 140 valence electrons. The van der Waals surface area contributed by atoms with E-state index in [1.807, 2.05) is 62.2 Å². The lowest BCUT2D eigenvalue weighted by Gasteiger charge is -2.18. The highest BCUT2D eigenvalue weighted by Crippen LogP contribution is 2.15. The summed E-state index contributed by atoms with van der Waals surface area (Å²) < 4.78 is 5.28. The minimum Gasteiger partial charge on any atom is -0.348 e. The molecule has 1 amide bonds. The summed E-state index contributed by atoms with van der Waals surface area (Å²) in [6.45, 7) is 4.65. The Morgan fingerprint density at radius 1 is 1.19 bits per heavy atom. The van der Waals surface area contributed by atoms with Crippen LogP contribution in [0.25, 0.3) is 11.4 Å². The van der Waals surface area contributed by atoms with Gasteiger partial charge in [0.15, 0.2) is 0 Å². The van der Waals surface area contributed by atoms with E-state index >= 15 is 0 Å². The summed E-state index contributed by atoms with van der Waals surface area (Å²) in [5.74, 6) is 0.918. The van der Waals surface area contributed by atoms with Crippen molar-refractivity contribution < 1.29 is 9.32 Å². The Morgan fingerprint density at radius 3 is 2.59 bits per heavy atom. The smallest absolute Gasteiger partial charge is 0.241 e. The van der Waals surface area contributed by atoms with Gasteiger partial charge >= 0.3 is 0 Å². The second-order valence-electron chi connectivity index (χ2n) is 6.62. The summed E-state index contributed by atoms with van der Waals surface area (Å²) in [6, 6.07) is 11.7. The average Bonchev–Trinajstić information content (AvgIpc) is 3.11. The first-order valence-corrected chi connectivity index (χ1v) is 8.78. The van der Waals surface area contributed by atoms with Crippen molar-refractivity contribution in [2.24, 2.45) is 0 Å². The first-order chi connectivity index (χ1) is 13.0. The zero-order chi connectivity index (χ0) is 19.2. The summed E-state index contributed by atoms with van der Waals surface area (Å²) in [6.07, 6.45) is 3.36. The van der Waals surface area contributed by atoms with Gasteiger partial charge in [0, 0.05) is 18.0 Å². The zero-order valence-corrected chi connectivity index (χ0v) is 15.7. The van der Waals surface area contributed by atoms with E-state index in [0.29, 0.717) is 18.3 Å². The Kier molecular flexibility index (Phi) is 5.93. The molecular formula is C20H23N5O2. The fraction of sp³-hybridized carbons (Fsp3) is 0.300. The Hall–Kier alpha value is -3.06. The molecule has 0 fully saturated rings. The molecular weight excluding hydrogens is 342 g/mol. The number of likely N-dealkylation sites (N-methyl/N-ethyl adjacent to an activating group) is 1. The lowest BCUT2D eigenvalue weighted by atomic mass is 10.1. The number of nitrogens with one attached hydrogen (secondary N) is 1. The largest absolute Gasteiger partial charge is 0.348 e. The van der Waals surface area contributed by atoms with E-state index in [0.717, 1.165) is 11.1 Å². The molecule has 1 atom stereocenters. The van der Waals surface area contributed by atoms with E-state index in [2.05, 4.69) is 20.4 Å². The number of aromatic nitrogens is 3. The second-order valence-corrected chi connectivity index (χ2v) is 6.62. The fourth-order valence-electron chi connectivity index (χ4n) is 2.69. The highest BCUT2D eigenvalue weighted by molar-refractivity contribution is 5.78. The Balaban J connectivity index is 1.51. The van der Waals surface area contributed by atoms with Crippen LogP contribution in [0.2, 0.25) is 0 Å². The number of pyridine rings is 1. The number of benzene rings is 1. The van der Waals surface area contributed by atoms with Gasteiger partial charge in [-0.3, -0.25) is 14.7 Å². The number of amides is 1. The van der Waals surface area contributed by atoms with Crippen LogP contribution in [-0.4, -0.2) is 39.5 Å². The van der Waals surface area contributed by atoms with Crippen molar-refractivity contribution in [3.05, 3.63) is 65.8 Å². The summed E-state index contributed by atoms with van der Waals surface area (Å²) in [5.41, 5.74) is 3.12. The SMILES string of the molecule is Cc1ccc([C@@H](C)NC(=O)CN(C)Cc2nc(-c3ccncc3)no2)cc1. The predicted octanol–water partition coefficient (Wildman–Crippen LogP) is 2.75. The topological polar surface area (TPSA) is 84.2 Å². The third-order valence-corrected chi connectivity index (χ3v) is 4.18. The minimum absolute atomic E-state index is 0.0480. The summed E-state index contributed by atoms with van der Waals surface area (Å²) in [5, 5.41) is 6.98. The van der Waals surface area contributed by atoms with E-state index in [4.69, 9.17) is 4.52 Å². The number of carbonyl (C=O) groups is 1. The molecule has 0 aliphatic heterocycles. The zero-order valence-electron chi connectivity index (χ0n) is 15.7. The van der Waals surface area contributed by atoms with Crippen LogP contribution in [-0.2, 0) is 11.3 Å². The van der Waals surface area contributed by atoms with Crippen molar-refractivity contribution in [1.29, 1.82) is 0 Å². The standard InChI is InChI=1S/C20H23N5O2/c1-14-4-6-16(7-5-14)15(2)22-18(26)12-25(3)13-19-23-20(24-27-19)17-8-10-21-11-9-17/h4-11,15H,12-13H2,1-3H3,(H,22,26)/t15-/m1/s1. The van der Waals surface area contributed by atoms with Gasteiger partial charge in [-0.05, 0) is 38.6 Å². The van der Waals surface area contributed by atoms with Crippen molar-refractivity contribution in [2.45, 2.75) is 26.4 Å². The molecule has 0 saturated heterocycles. The van der Waals surface area contributed by atoms with Crippen molar-refractivity contribution in [2.75, 3.05) is 13.6 Å².